The zero-order chi connectivity index (χ0) is 6.85. The van der Waals surface area contributed by atoms with Crippen LogP contribution >= 0.6 is 12.6 Å². The van der Waals surface area contributed by atoms with Gasteiger partial charge < -0.3 is 4.42 Å². The maximum Gasteiger partial charge on any atom is 0.228 e. The molecule has 0 saturated carbocycles. The van der Waals surface area contributed by atoms with E-state index in [9.17, 15) is 0 Å². The van der Waals surface area contributed by atoms with Crippen LogP contribution in [0.1, 0.15) is 24.0 Å². The molecular weight excluding hydrogens is 136 g/mol. The lowest BCUT2D eigenvalue weighted by atomic mass is 10.5. The first-order valence-electron chi connectivity index (χ1n) is 2.68. The molecule has 0 aliphatic carbocycles. The van der Waals surface area contributed by atoms with Gasteiger partial charge in [0.05, 0.1) is 5.25 Å². The van der Waals surface area contributed by atoms with Crippen LogP contribution in [-0.4, -0.2) is 10.2 Å². The fourth-order valence-electron chi connectivity index (χ4n) is 0.481. The molecule has 0 aliphatic heterocycles. The quantitative estimate of drug-likeness (QED) is 0.605. The van der Waals surface area contributed by atoms with E-state index in [0.717, 1.165) is 0 Å². The van der Waals surface area contributed by atoms with Crippen LogP contribution in [0.25, 0.3) is 0 Å². The topological polar surface area (TPSA) is 38.9 Å². The highest BCUT2D eigenvalue weighted by Crippen LogP contribution is 2.15. The first-order valence-corrected chi connectivity index (χ1v) is 3.20. The molecule has 1 aromatic rings. The Labute approximate surface area is 58.9 Å². The molecule has 0 spiro atoms. The van der Waals surface area contributed by atoms with Crippen molar-refractivity contribution in [1.29, 1.82) is 0 Å². The van der Waals surface area contributed by atoms with Crippen LogP contribution in [0.15, 0.2) is 4.42 Å². The number of rotatable bonds is 1. The van der Waals surface area contributed by atoms with Gasteiger partial charge in [-0.15, -0.1) is 10.2 Å². The van der Waals surface area contributed by atoms with E-state index in [0.29, 0.717) is 11.8 Å². The second-order valence-electron chi connectivity index (χ2n) is 1.84. The second-order valence-corrected chi connectivity index (χ2v) is 2.61. The van der Waals surface area contributed by atoms with Gasteiger partial charge in [0.1, 0.15) is 0 Å². The summed E-state index contributed by atoms with van der Waals surface area (Å²) in [5.74, 6) is 1.17. The molecule has 3 nitrogen and oxygen atoms in total. The smallest absolute Gasteiger partial charge is 0.228 e. The van der Waals surface area contributed by atoms with Gasteiger partial charge in [-0.2, -0.15) is 12.6 Å². The van der Waals surface area contributed by atoms with Gasteiger partial charge in [-0.3, -0.25) is 0 Å². The molecule has 0 fully saturated rings. The van der Waals surface area contributed by atoms with Gasteiger partial charge in [-0.1, -0.05) is 0 Å². The minimum atomic E-state index is 0.0335. The van der Waals surface area contributed by atoms with Crippen molar-refractivity contribution in [3.05, 3.63) is 11.8 Å². The van der Waals surface area contributed by atoms with E-state index >= 15 is 0 Å². The van der Waals surface area contributed by atoms with E-state index in [2.05, 4.69) is 22.8 Å². The van der Waals surface area contributed by atoms with Crippen LogP contribution < -0.4 is 0 Å². The SMILES string of the molecule is Cc1nnc(C(C)S)o1. The molecule has 1 heterocycles. The fraction of sp³-hybridized carbons (Fsp3) is 0.600. The molecule has 0 aromatic carbocycles. The Morgan fingerprint density at radius 1 is 1.56 bits per heavy atom. The first-order chi connectivity index (χ1) is 4.20. The van der Waals surface area contributed by atoms with E-state index < -0.39 is 0 Å². The summed E-state index contributed by atoms with van der Waals surface area (Å²) in [6.45, 7) is 3.64. The van der Waals surface area contributed by atoms with E-state index in [1.165, 1.54) is 0 Å². The minimum Gasteiger partial charge on any atom is -0.424 e. The highest BCUT2D eigenvalue weighted by Gasteiger charge is 2.05. The maximum atomic E-state index is 5.05. The van der Waals surface area contributed by atoms with Gasteiger partial charge in [0, 0.05) is 6.92 Å². The Morgan fingerprint density at radius 2 is 2.22 bits per heavy atom. The van der Waals surface area contributed by atoms with Crippen LogP contribution in [0.3, 0.4) is 0 Å². The van der Waals surface area contributed by atoms with Crippen LogP contribution in [0.4, 0.5) is 0 Å². The van der Waals surface area contributed by atoms with E-state index in [4.69, 9.17) is 4.42 Å². The third-order valence-corrected chi connectivity index (χ3v) is 1.12. The van der Waals surface area contributed by atoms with Gasteiger partial charge in [0.25, 0.3) is 0 Å². The molecule has 0 saturated heterocycles. The molecule has 4 heteroatoms. The van der Waals surface area contributed by atoms with Crippen molar-refractivity contribution >= 4 is 12.6 Å². The van der Waals surface area contributed by atoms with Crippen LogP contribution in [-0.2, 0) is 0 Å². The minimum absolute atomic E-state index is 0.0335. The zero-order valence-corrected chi connectivity index (χ0v) is 6.22. The summed E-state index contributed by atoms with van der Waals surface area (Å²) in [4.78, 5) is 0. The predicted octanol–water partition coefficient (Wildman–Crippen LogP) is 1.37. The Kier molecular flexibility index (Phi) is 1.75. The van der Waals surface area contributed by atoms with E-state index in [1.54, 1.807) is 6.92 Å². The summed E-state index contributed by atoms with van der Waals surface area (Å²) in [5, 5.41) is 7.43. The van der Waals surface area contributed by atoms with Crippen molar-refractivity contribution in [2.24, 2.45) is 0 Å². The van der Waals surface area contributed by atoms with Crippen molar-refractivity contribution in [1.82, 2.24) is 10.2 Å². The van der Waals surface area contributed by atoms with Crippen molar-refractivity contribution < 1.29 is 4.42 Å². The molecule has 0 amide bonds. The monoisotopic (exact) mass is 144 g/mol. The van der Waals surface area contributed by atoms with Gasteiger partial charge in [0.2, 0.25) is 11.8 Å². The molecule has 0 N–H and O–H groups in total. The third kappa shape index (κ3) is 1.45. The average Bonchev–Trinajstić information content (AvgIpc) is 2.14. The molecule has 1 rings (SSSR count). The second kappa shape index (κ2) is 2.39. The van der Waals surface area contributed by atoms with Gasteiger partial charge >= 0.3 is 0 Å². The van der Waals surface area contributed by atoms with Gasteiger partial charge in [-0.05, 0) is 6.92 Å². The lowest BCUT2D eigenvalue weighted by molar-refractivity contribution is 0.471. The Bertz CT molecular complexity index is 197. The normalized spacial score (nSPS) is 13.7. The van der Waals surface area contributed by atoms with Crippen molar-refractivity contribution in [2.45, 2.75) is 19.1 Å². The predicted molar refractivity (Wildman–Crippen MR) is 36.4 cm³/mol. The molecule has 1 aromatic heterocycles. The summed E-state index contributed by atoms with van der Waals surface area (Å²) < 4.78 is 5.05. The molecule has 0 bridgehead atoms. The third-order valence-electron chi connectivity index (χ3n) is 0.899. The zero-order valence-electron chi connectivity index (χ0n) is 5.33. The number of hydrogen-bond donors (Lipinski definition) is 1. The summed E-state index contributed by atoms with van der Waals surface area (Å²) >= 11 is 4.10. The summed E-state index contributed by atoms with van der Waals surface area (Å²) in [6.07, 6.45) is 0. The molecule has 1 atom stereocenters. The highest BCUT2D eigenvalue weighted by atomic mass is 32.1. The van der Waals surface area contributed by atoms with Crippen molar-refractivity contribution in [3.8, 4) is 0 Å². The Morgan fingerprint density at radius 3 is 2.44 bits per heavy atom. The molecule has 0 aliphatic rings. The number of hydrogen-bond acceptors (Lipinski definition) is 4. The number of aryl methyl sites for hydroxylation is 1. The molecular formula is C5H8N2OS. The summed E-state index contributed by atoms with van der Waals surface area (Å²) in [7, 11) is 0. The standard InChI is InChI=1S/C5H8N2OS/c1-3(9)5-7-6-4(2)8-5/h3,9H,1-2H3. The Hall–Kier alpha value is -0.510. The maximum absolute atomic E-state index is 5.05. The molecule has 1 unspecified atom stereocenters. The highest BCUT2D eigenvalue weighted by molar-refractivity contribution is 7.80. The van der Waals surface area contributed by atoms with Crippen LogP contribution in [0.2, 0.25) is 0 Å². The number of thiol groups is 1. The van der Waals surface area contributed by atoms with Crippen LogP contribution in [0, 0.1) is 6.92 Å². The lowest BCUT2D eigenvalue weighted by Gasteiger charge is -1.91. The molecule has 0 radical (unpaired) electrons. The molecule has 9 heavy (non-hydrogen) atoms. The first kappa shape index (κ1) is 6.61. The van der Waals surface area contributed by atoms with E-state index in [-0.39, 0.29) is 5.25 Å². The molecule has 50 valence electrons. The Balaban J connectivity index is 2.85. The fourth-order valence-corrected chi connectivity index (χ4v) is 0.585. The van der Waals surface area contributed by atoms with Gasteiger partial charge in [-0.25, -0.2) is 0 Å². The average molecular weight is 144 g/mol. The largest absolute Gasteiger partial charge is 0.424 e. The van der Waals surface area contributed by atoms with Crippen LogP contribution in [0.5, 0.6) is 0 Å². The summed E-state index contributed by atoms with van der Waals surface area (Å²) in [6, 6.07) is 0. The van der Waals surface area contributed by atoms with E-state index in [1.807, 2.05) is 6.92 Å². The summed E-state index contributed by atoms with van der Waals surface area (Å²) in [5.41, 5.74) is 0. The number of aromatic nitrogens is 2. The van der Waals surface area contributed by atoms with Gasteiger partial charge in [0.15, 0.2) is 0 Å². The number of nitrogens with zero attached hydrogens (tertiary/aromatic N) is 2. The van der Waals surface area contributed by atoms with Crippen molar-refractivity contribution in [3.63, 3.8) is 0 Å². The lowest BCUT2D eigenvalue weighted by Crippen LogP contribution is -1.82. The van der Waals surface area contributed by atoms with Crippen molar-refractivity contribution in [2.75, 3.05) is 0 Å².